The summed E-state index contributed by atoms with van der Waals surface area (Å²) in [7, 11) is 0. The van der Waals surface area contributed by atoms with Crippen molar-refractivity contribution >= 4 is 46.7 Å². The fraction of sp³-hybridized carbons (Fsp3) is 0.0385. The molecule has 0 bridgehead atoms. The van der Waals surface area contributed by atoms with Crippen LogP contribution in [0.25, 0.3) is 0 Å². The first kappa shape index (κ1) is 21.9. The molecule has 3 aromatic carbocycles. The van der Waals surface area contributed by atoms with Crippen LogP contribution in [0.5, 0.6) is 5.75 Å². The summed E-state index contributed by atoms with van der Waals surface area (Å²) in [6.07, 6.45) is 1.31. The zero-order valence-corrected chi connectivity index (χ0v) is 19.2. The molecule has 5 rings (SSSR count). The van der Waals surface area contributed by atoms with E-state index in [4.69, 9.17) is 11.6 Å². The smallest absolute Gasteiger partial charge is 0.283 e. The van der Waals surface area contributed by atoms with Crippen molar-refractivity contribution in [3.05, 3.63) is 116 Å². The first-order chi connectivity index (χ1) is 16.5. The van der Waals surface area contributed by atoms with E-state index in [1.807, 2.05) is 66.0 Å². The first-order valence-electron chi connectivity index (χ1n) is 10.4. The van der Waals surface area contributed by atoms with Gasteiger partial charge in [-0.3, -0.25) is 9.59 Å². The summed E-state index contributed by atoms with van der Waals surface area (Å²) in [6, 6.07) is 23.6. The Morgan fingerprint density at radius 2 is 1.68 bits per heavy atom. The predicted molar refractivity (Wildman–Crippen MR) is 134 cm³/mol. The van der Waals surface area contributed by atoms with Gasteiger partial charge in [0, 0.05) is 16.1 Å². The van der Waals surface area contributed by atoms with Gasteiger partial charge in [0.1, 0.15) is 16.0 Å². The van der Waals surface area contributed by atoms with E-state index in [1.54, 1.807) is 6.07 Å². The molecule has 4 aromatic rings. The summed E-state index contributed by atoms with van der Waals surface area (Å²) in [5.74, 6) is -0.701. The van der Waals surface area contributed by atoms with Crippen LogP contribution in [0.4, 0.5) is 5.69 Å². The third kappa shape index (κ3) is 3.55. The van der Waals surface area contributed by atoms with Crippen molar-refractivity contribution in [2.24, 2.45) is 5.10 Å². The normalized spacial score (nSPS) is 14.1. The van der Waals surface area contributed by atoms with Gasteiger partial charge in [-0.15, -0.1) is 11.3 Å². The Morgan fingerprint density at radius 1 is 1.03 bits per heavy atom. The Hall–Kier alpha value is -3.94. The molecule has 0 fully saturated rings. The number of hydrazone groups is 1. The van der Waals surface area contributed by atoms with Gasteiger partial charge in [0.05, 0.1) is 11.9 Å². The van der Waals surface area contributed by atoms with Gasteiger partial charge in [0.15, 0.2) is 0 Å². The quantitative estimate of drug-likeness (QED) is 0.268. The second kappa shape index (κ2) is 8.78. The zero-order valence-electron chi connectivity index (χ0n) is 17.7. The van der Waals surface area contributed by atoms with Gasteiger partial charge in [-0.05, 0) is 34.7 Å². The van der Waals surface area contributed by atoms with Crippen LogP contribution in [0.2, 0.25) is 5.02 Å². The number of thiophene rings is 1. The second-order valence-corrected chi connectivity index (χ2v) is 9.01. The first-order valence-corrected chi connectivity index (χ1v) is 11.6. The van der Waals surface area contributed by atoms with E-state index in [-0.39, 0.29) is 11.7 Å². The number of phenols is 1. The maximum Gasteiger partial charge on any atom is 0.283 e. The standard InChI is InChI=1S/C26H18ClN3O3S/c27-19-11-12-21(31)16(13-19)14-28-30-24(32)23-22-20(15-34-23)26(25(33)29-22,17-7-3-1-4-8-17)18-9-5-2-6-10-18/h1-15,31H,(H,29,33)(H,30,32)/b28-14+. The number of nitrogens with one attached hydrogen (secondary N) is 2. The van der Waals surface area contributed by atoms with Gasteiger partial charge in [0.25, 0.3) is 5.91 Å². The van der Waals surface area contributed by atoms with Gasteiger partial charge in [-0.1, -0.05) is 72.3 Å². The number of aromatic hydroxyl groups is 1. The van der Waals surface area contributed by atoms with Crippen LogP contribution in [0, 0.1) is 0 Å². The summed E-state index contributed by atoms with van der Waals surface area (Å²) in [6.45, 7) is 0. The molecular weight excluding hydrogens is 470 g/mol. The highest BCUT2D eigenvalue weighted by atomic mass is 35.5. The molecule has 8 heteroatoms. The number of nitrogens with zero attached hydrogens (tertiary/aromatic N) is 1. The molecule has 0 saturated carbocycles. The minimum atomic E-state index is -1.07. The number of hydrogen-bond acceptors (Lipinski definition) is 5. The van der Waals surface area contributed by atoms with Gasteiger partial charge >= 0.3 is 0 Å². The van der Waals surface area contributed by atoms with E-state index in [9.17, 15) is 14.7 Å². The lowest BCUT2D eigenvalue weighted by molar-refractivity contribution is -0.118. The van der Waals surface area contributed by atoms with Crippen LogP contribution in [-0.2, 0) is 10.2 Å². The van der Waals surface area contributed by atoms with Crippen molar-refractivity contribution < 1.29 is 14.7 Å². The second-order valence-electron chi connectivity index (χ2n) is 7.69. The van der Waals surface area contributed by atoms with Crippen LogP contribution in [0.1, 0.15) is 31.9 Å². The monoisotopic (exact) mass is 487 g/mol. The Kier molecular flexibility index (Phi) is 5.65. The average Bonchev–Trinajstić information content (AvgIpc) is 3.39. The molecule has 6 nitrogen and oxygen atoms in total. The third-order valence-corrected chi connectivity index (χ3v) is 6.97. The van der Waals surface area contributed by atoms with E-state index in [0.717, 1.165) is 16.7 Å². The topological polar surface area (TPSA) is 90.8 Å². The minimum absolute atomic E-state index is 0.0119. The summed E-state index contributed by atoms with van der Waals surface area (Å²) in [4.78, 5) is 26.8. The van der Waals surface area contributed by atoms with E-state index >= 15 is 0 Å². The van der Waals surface area contributed by atoms with Crippen LogP contribution in [0.15, 0.2) is 89.3 Å². The highest BCUT2D eigenvalue weighted by molar-refractivity contribution is 7.13. The van der Waals surface area contributed by atoms with Crippen molar-refractivity contribution in [3.8, 4) is 5.75 Å². The molecule has 168 valence electrons. The zero-order chi connectivity index (χ0) is 23.7. The summed E-state index contributed by atoms with van der Waals surface area (Å²) in [5.41, 5.74) is 4.60. The molecule has 1 aliphatic heterocycles. The largest absolute Gasteiger partial charge is 0.507 e. The van der Waals surface area contributed by atoms with Crippen molar-refractivity contribution in [3.63, 3.8) is 0 Å². The lowest BCUT2D eigenvalue weighted by atomic mass is 9.71. The Balaban J connectivity index is 1.52. The lowest BCUT2D eigenvalue weighted by Gasteiger charge is -2.28. The number of benzene rings is 3. The lowest BCUT2D eigenvalue weighted by Crippen LogP contribution is -2.36. The number of rotatable bonds is 5. The number of amides is 2. The van der Waals surface area contributed by atoms with Crippen molar-refractivity contribution in [2.45, 2.75) is 5.41 Å². The Labute approximate surface area is 204 Å². The van der Waals surface area contributed by atoms with Crippen LogP contribution >= 0.6 is 22.9 Å². The van der Waals surface area contributed by atoms with Crippen LogP contribution < -0.4 is 10.7 Å². The molecular formula is C26H18ClN3O3S. The number of anilines is 1. The van der Waals surface area contributed by atoms with Crippen molar-refractivity contribution in [1.29, 1.82) is 0 Å². The minimum Gasteiger partial charge on any atom is -0.507 e. The number of halogens is 1. The molecule has 0 aliphatic carbocycles. The maximum atomic E-state index is 13.6. The fourth-order valence-electron chi connectivity index (χ4n) is 4.21. The number of carbonyl (C=O) groups is 2. The third-order valence-electron chi connectivity index (χ3n) is 5.75. The van der Waals surface area contributed by atoms with Gasteiger partial charge in [-0.2, -0.15) is 5.10 Å². The molecule has 34 heavy (non-hydrogen) atoms. The van der Waals surface area contributed by atoms with Crippen LogP contribution in [-0.4, -0.2) is 23.1 Å². The molecule has 0 spiro atoms. The Morgan fingerprint density at radius 3 is 2.32 bits per heavy atom. The number of fused-ring (bicyclic) bond motifs is 1. The predicted octanol–water partition coefficient (Wildman–Crippen LogP) is 5.16. The van der Waals surface area contributed by atoms with Gasteiger partial charge in [-0.25, -0.2) is 5.43 Å². The number of hydrogen-bond donors (Lipinski definition) is 3. The molecule has 0 radical (unpaired) electrons. The molecule has 1 aliphatic rings. The molecule has 1 aromatic heterocycles. The number of phenolic OH excluding ortho intramolecular Hbond substituents is 1. The average molecular weight is 488 g/mol. The van der Waals surface area contributed by atoms with E-state index in [2.05, 4.69) is 15.8 Å². The van der Waals surface area contributed by atoms with Gasteiger partial charge < -0.3 is 10.4 Å². The van der Waals surface area contributed by atoms with Crippen molar-refractivity contribution in [2.75, 3.05) is 5.32 Å². The molecule has 3 N–H and O–H groups in total. The fourth-order valence-corrected chi connectivity index (χ4v) is 5.35. The highest BCUT2D eigenvalue weighted by Crippen LogP contribution is 2.50. The Bertz CT molecular complexity index is 1380. The summed E-state index contributed by atoms with van der Waals surface area (Å²) < 4.78 is 0. The molecule has 0 saturated heterocycles. The maximum absolute atomic E-state index is 13.6. The SMILES string of the molecule is O=C(N/N=C/c1cc(Cl)ccc1O)c1scc2c1NC(=O)C2(c1ccccc1)c1ccccc1. The van der Waals surface area contributed by atoms with E-state index < -0.39 is 11.3 Å². The van der Waals surface area contributed by atoms with E-state index in [1.165, 1.54) is 29.7 Å². The molecule has 2 heterocycles. The number of carbonyl (C=O) groups excluding carboxylic acids is 2. The van der Waals surface area contributed by atoms with Crippen molar-refractivity contribution in [1.82, 2.24) is 5.43 Å². The molecule has 0 unspecified atom stereocenters. The van der Waals surface area contributed by atoms with Gasteiger partial charge in [0.2, 0.25) is 5.91 Å². The van der Waals surface area contributed by atoms with Crippen LogP contribution in [0.3, 0.4) is 0 Å². The van der Waals surface area contributed by atoms with E-state index in [0.29, 0.717) is 21.2 Å². The summed E-state index contributed by atoms with van der Waals surface area (Å²) >= 11 is 7.18. The molecule has 2 amide bonds. The highest BCUT2D eigenvalue weighted by Gasteiger charge is 2.51. The summed E-state index contributed by atoms with van der Waals surface area (Å²) in [5, 5.41) is 19.1. The molecule has 0 atom stereocenters.